The number of halogens is 1. The zero-order valence-corrected chi connectivity index (χ0v) is 14.3. The quantitative estimate of drug-likeness (QED) is 0.341. The number of carbonyl (C=O) groups excluding carboxylic acids is 2. The van der Waals surface area contributed by atoms with Crippen LogP contribution >= 0.6 is 19.2 Å². The lowest BCUT2D eigenvalue weighted by molar-refractivity contribution is -0.152. The maximum atomic E-state index is 12.5. The molecule has 0 aromatic carbocycles. The fourth-order valence-corrected chi connectivity index (χ4v) is 3.55. The Hall–Kier alpha value is -0.620. The molecule has 7 nitrogen and oxygen atoms in total. The van der Waals surface area contributed by atoms with Crippen LogP contribution in [0.15, 0.2) is 0 Å². The summed E-state index contributed by atoms with van der Waals surface area (Å²) in [6, 6.07) is 0. The second kappa shape index (κ2) is 10.2. The van der Waals surface area contributed by atoms with E-state index in [4.69, 9.17) is 30.1 Å². The van der Waals surface area contributed by atoms with E-state index in [9.17, 15) is 14.2 Å². The van der Waals surface area contributed by atoms with Crippen molar-refractivity contribution in [2.24, 2.45) is 0 Å². The van der Waals surface area contributed by atoms with E-state index >= 15 is 0 Å². The predicted octanol–water partition coefficient (Wildman–Crippen LogP) is 2.35. The van der Waals surface area contributed by atoms with E-state index in [2.05, 4.69) is 0 Å². The van der Waals surface area contributed by atoms with E-state index in [1.54, 1.807) is 13.8 Å². The molecule has 2 atom stereocenters. The Kier molecular flexibility index (Phi) is 9.86. The minimum absolute atomic E-state index is 0.0115. The van der Waals surface area contributed by atoms with Gasteiger partial charge >= 0.3 is 19.5 Å². The average Bonchev–Trinajstić information content (AvgIpc) is 2.38. The molecule has 0 aliphatic heterocycles. The summed E-state index contributed by atoms with van der Waals surface area (Å²) in [5, 5.41) is 0. The molecular weight excluding hydrogens is 323 g/mol. The molecule has 0 aliphatic rings. The topological polar surface area (TPSA) is 88.1 Å². The normalized spacial score (nSPS) is 16.6. The Morgan fingerprint density at radius 2 is 1.38 bits per heavy atom. The molecule has 0 fully saturated rings. The van der Waals surface area contributed by atoms with Crippen LogP contribution in [0.25, 0.3) is 0 Å². The molecule has 0 saturated carbocycles. The van der Waals surface area contributed by atoms with Crippen LogP contribution in [0, 0.1) is 0 Å². The molecule has 0 radical (unpaired) electrons. The SMILES string of the molecule is CCOC(=O)C(C)OP(=O)(CCCl)OC(C)C(=O)OCC. The van der Waals surface area contributed by atoms with Gasteiger partial charge in [0.25, 0.3) is 0 Å². The van der Waals surface area contributed by atoms with Gasteiger partial charge in [-0.2, -0.15) is 0 Å². The molecular formula is C12H22ClO7P. The van der Waals surface area contributed by atoms with Gasteiger partial charge in [-0.15, -0.1) is 11.6 Å². The van der Waals surface area contributed by atoms with Crippen LogP contribution in [-0.2, 0) is 32.7 Å². The molecule has 0 aromatic rings. The summed E-state index contributed by atoms with van der Waals surface area (Å²) in [5.74, 6) is -1.35. The van der Waals surface area contributed by atoms with E-state index in [1.807, 2.05) is 0 Å². The van der Waals surface area contributed by atoms with Crippen molar-refractivity contribution in [2.45, 2.75) is 39.9 Å². The van der Waals surface area contributed by atoms with Crippen LogP contribution in [0.5, 0.6) is 0 Å². The lowest BCUT2D eigenvalue weighted by atomic mass is 10.4. The third-order valence-corrected chi connectivity index (χ3v) is 4.73. The third kappa shape index (κ3) is 7.81. The van der Waals surface area contributed by atoms with Crippen molar-refractivity contribution in [1.82, 2.24) is 0 Å². The lowest BCUT2D eigenvalue weighted by Gasteiger charge is -2.23. The second-order valence-corrected chi connectivity index (χ2v) is 6.49. The summed E-state index contributed by atoms with van der Waals surface area (Å²) >= 11 is 5.57. The summed E-state index contributed by atoms with van der Waals surface area (Å²) in [5.41, 5.74) is 0. The van der Waals surface area contributed by atoms with Crippen molar-refractivity contribution < 1.29 is 32.7 Å². The van der Waals surface area contributed by atoms with E-state index in [-0.39, 0.29) is 25.3 Å². The number of alkyl halides is 1. The minimum Gasteiger partial charge on any atom is -0.464 e. The first-order chi connectivity index (χ1) is 9.79. The predicted molar refractivity (Wildman–Crippen MR) is 77.6 cm³/mol. The number of carbonyl (C=O) groups is 2. The van der Waals surface area contributed by atoms with Crippen molar-refractivity contribution in [2.75, 3.05) is 25.3 Å². The molecule has 0 heterocycles. The highest BCUT2D eigenvalue weighted by molar-refractivity contribution is 7.54. The zero-order valence-electron chi connectivity index (χ0n) is 12.7. The van der Waals surface area contributed by atoms with Gasteiger partial charge in [-0.3, -0.25) is 13.6 Å². The van der Waals surface area contributed by atoms with Gasteiger partial charge in [-0.25, -0.2) is 9.59 Å². The number of hydrogen-bond acceptors (Lipinski definition) is 7. The van der Waals surface area contributed by atoms with Crippen LogP contribution < -0.4 is 0 Å². The largest absolute Gasteiger partial charge is 0.464 e. The summed E-state index contributed by atoms with van der Waals surface area (Å²) in [6.07, 6.45) is -2.32. The highest BCUT2D eigenvalue weighted by Gasteiger charge is 2.34. The molecule has 2 unspecified atom stereocenters. The molecule has 0 rings (SSSR count). The first kappa shape index (κ1) is 20.4. The van der Waals surface area contributed by atoms with Crippen LogP contribution in [0.1, 0.15) is 27.7 Å². The molecule has 21 heavy (non-hydrogen) atoms. The van der Waals surface area contributed by atoms with Gasteiger partial charge in [0.1, 0.15) is 0 Å². The monoisotopic (exact) mass is 344 g/mol. The molecule has 0 spiro atoms. The van der Waals surface area contributed by atoms with Gasteiger partial charge in [0.2, 0.25) is 0 Å². The van der Waals surface area contributed by atoms with Crippen molar-refractivity contribution in [3.8, 4) is 0 Å². The minimum atomic E-state index is -3.72. The van der Waals surface area contributed by atoms with Crippen molar-refractivity contribution in [3.05, 3.63) is 0 Å². The van der Waals surface area contributed by atoms with E-state index in [0.717, 1.165) is 0 Å². The fourth-order valence-electron chi connectivity index (χ4n) is 1.32. The number of esters is 2. The maximum Gasteiger partial charge on any atom is 0.335 e. The van der Waals surface area contributed by atoms with Crippen molar-refractivity contribution in [3.63, 3.8) is 0 Å². The maximum absolute atomic E-state index is 12.5. The number of hydrogen-bond donors (Lipinski definition) is 0. The van der Waals surface area contributed by atoms with Gasteiger partial charge in [0.15, 0.2) is 12.2 Å². The molecule has 0 N–H and O–H groups in total. The Balaban J connectivity index is 4.79. The van der Waals surface area contributed by atoms with Gasteiger partial charge in [-0.05, 0) is 27.7 Å². The number of ether oxygens (including phenoxy) is 2. The van der Waals surface area contributed by atoms with E-state index < -0.39 is 31.7 Å². The fraction of sp³-hybridized carbons (Fsp3) is 0.833. The molecule has 0 aliphatic carbocycles. The summed E-state index contributed by atoms with van der Waals surface area (Å²) in [7, 11) is -3.72. The van der Waals surface area contributed by atoms with Crippen molar-refractivity contribution >= 4 is 31.1 Å². The Morgan fingerprint density at radius 3 is 1.67 bits per heavy atom. The van der Waals surface area contributed by atoms with Gasteiger partial charge in [-0.1, -0.05) is 0 Å². The molecule has 0 amide bonds. The first-order valence-electron chi connectivity index (χ1n) is 6.64. The van der Waals surface area contributed by atoms with Gasteiger partial charge in [0.05, 0.1) is 19.4 Å². The summed E-state index contributed by atoms with van der Waals surface area (Å²) in [6.45, 7) is 6.40. The van der Waals surface area contributed by atoms with E-state index in [0.29, 0.717) is 0 Å². The first-order valence-corrected chi connectivity index (χ1v) is 8.91. The summed E-state index contributed by atoms with van der Waals surface area (Å²) in [4.78, 5) is 23.0. The molecule has 0 aromatic heterocycles. The average molecular weight is 345 g/mol. The highest BCUT2D eigenvalue weighted by Crippen LogP contribution is 2.50. The Morgan fingerprint density at radius 1 is 1.00 bits per heavy atom. The van der Waals surface area contributed by atoms with Crippen LogP contribution in [-0.4, -0.2) is 49.4 Å². The molecule has 124 valence electrons. The summed E-state index contributed by atoms with van der Waals surface area (Å²) < 4.78 is 32.3. The highest BCUT2D eigenvalue weighted by atomic mass is 35.5. The van der Waals surface area contributed by atoms with Crippen LogP contribution in [0.3, 0.4) is 0 Å². The Labute approximate surface area is 129 Å². The standard InChI is InChI=1S/C12H22ClO7P/c1-5-17-11(14)9(3)19-21(16,8-7-13)20-10(4)12(15)18-6-2/h9-10H,5-8H2,1-4H3. The van der Waals surface area contributed by atoms with Gasteiger partial charge in [0, 0.05) is 5.88 Å². The van der Waals surface area contributed by atoms with Crippen LogP contribution in [0.4, 0.5) is 0 Å². The van der Waals surface area contributed by atoms with Crippen LogP contribution in [0.2, 0.25) is 0 Å². The van der Waals surface area contributed by atoms with E-state index in [1.165, 1.54) is 13.8 Å². The molecule has 0 bridgehead atoms. The lowest BCUT2D eigenvalue weighted by Crippen LogP contribution is -2.27. The zero-order chi connectivity index (χ0) is 16.5. The second-order valence-electron chi connectivity index (χ2n) is 4.02. The molecule has 0 saturated heterocycles. The molecule has 9 heteroatoms. The smallest absolute Gasteiger partial charge is 0.335 e. The van der Waals surface area contributed by atoms with Crippen molar-refractivity contribution in [1.29, 1.82) is 0 Å². The Bertz CT molecular complexity index is 358. The van der Waals surface area contributed by atoms with Gasteiger partial charge < -0.3 is 9.47 Å². The third-order valence-electron chi connectivity index (χ3n) is 2.23. The number of rotatable bonds is 10.